The quantitative estimate of drug-likeness (QED) is 0.848. The molecular formula is C13H17N3O3. The average Bonchev–Trinajstić information content (AvgIpc) is 2.97. The highest BCUT2D eigenvalue weighted by atomic mass is 16.5. The first kappa shape index (κ1) is 13.4. The zero-order chi connectivity index (χ0) is 13.8. The predicted molar refractivity (Wildman–Crippen MR) is 68.6 cm³/mol. The summed E-state index contributed by atoms with van der Waals surface area (Å²) in [6, 6.07) is 5.30. The molecule has 2 aromatic heterocycles. The number of aromatic nitrogens is 2. The van der Waals surface area contributed by atoms with Crippen LogP contribution in [-0.4, -0.2) is 27.3 Å². The molecule has 1 amide bonds. The van der Waals surface area contributed by atoms with E-state index in [1.807, 2.05) is 29.9 Å². The van der Waals surface area contributed by atoms with Gasteiger partial charge in [0, 0.05) is 31.5 Å². The van der Waals surface area contributed by atoms with Crippen molar-refractivity contribution in [3.63, 3.8) is 0 Å². The van der Waals surface area contributed by atoms with Crippen LogP contribution in [0.2, 0.25) is 0 Å². The molecule has 0 saturated carbocycles. The first-order chi connectivity index (χ1) is 9.08. The number of aliphatic hydroxyl groups excluding tert-OH is 1. The van der Waals surface area contributed by atoms with Gasteiger partial charge in [0.2, 0.25) is 0 Å². The molecule has 2 N–H and O–H groups in total. The maximum atomic E-state index is 11.7. The highest BCUT2D eigenvalue weighted by molar-refractivity contribution is 5.92. The van der Waals surface area contributed by atoms with Crippen LogP contribution in [0.15, 0.2) is 28.9 Å². The monoisotopic (exact) mass is 263 g/mol. The van der Waals surface area contributed by atoms with E-state index in [2.05, 4.69) is 10.5 Å². The van der Waals surface area contributed by atoms with Crippen LogP contribution in [0.4, 0.5) is 0 Å². The molecule has 2 heterocycles. The molecule has 19 heavy (non-hydrogen) atoms. The normalized spacial score (nSPS) is 12.4. The molecule has 0 aliphatic heterocycles. The second-order valence-corrected chi connectivity index (χ2v) is 4.43. The van der Waals surface area contributed by atoms with E-state index >= 15 is 0 Å². The van der Waals surface area contributed by atoms with Gasteiger partial charge in [0.1, 0.15) is 5.76 Å². The van der Waals surface area contributed by atoms with Gasteiger partial charge in [-0.15, -0.1) is 0 Å². The van der Waals surface area contributed by atoms with Gasteiger partial charge in [-0.25, -0.2) is 0 Å². The Labute approximate surface area is 111 Å². The molecule has 0 aromatic carbocycles. The van der Waals surface area contributed by atoms with Gasteiger partial charge in [0.05, 0.1) is 6.10 Å². The van der Waals surface area contributed by atoms with Crippen molar-refractivity contribution >= 4 is 5.91 Å². The summed E-state index contributed by atoms with van der Waals surface area (Å²) in [6.45, 7) is 2.10. The zero-order valence-corrected chi connectivity index (χ0v) is 11.0. The molecule has 0 aliphatic rings. The lowest BCUT2D eigenvalue weighted by molar-refractivity contribution is 0.0932. The maximum Gasteiger partial charge on any atom is 0.273 e. The zero-order valence-electron chi connectivity index (χ0n) is 11.0. The molecule has 2 aromatic rings. The van der Waals surface area contributed by atoms with Gasteiger partial charge in [0.15, 0.2) is 5.69 Å². The van der Waals surface area contributed by atoms with Gasteiger partial charge in [-0.05, 0) is 25.5 Å². The topological polar surface area (TPSA) is 80.3 Å². The second kappa shape index (κ2) is 5.71. The molecule has 0 aliphatic carbocycles. The molecule has 0 bridgehead atoms. The fourth-order valence-electron chi connectivity index (χ4n) is 1.85. The smallest absolute Gasteiger partial charge is 0.273 e. The van der Waals surface area contributed by atoms with Crippen molar-refractivity contribution in [3.05, 3.63) is 41.5 Å². The third-order valence-corrected chi connectivity index (χ3v) is 2.89. The number of hydrogen-bond acceptors (Lipinski definition) is 4. The minimum atomic E-state index is -0.598. The van der Waals surface area contributed by atoms with Crippen LogP contribution in [0.5, 0.6) is 0 Å². The van der Waals surface area contributed by atoms with Crippen LogP contribution in [0.25, 0.3) is 0 Å². The number of rotatable bonds is 5. The summed E-state index contributed by atoms with van der Waals surface area (Å²) in [6.07, 6.45) is 1.72. The number of nitrogens with one attached hydrogen (secondary N) is 1. The Kier molecular flexibility index (Phi) is 4.01. The standard InChI is InChI=1S/C13H17N3O3/c1-9-8-10(15-19-9)13(18)14-6-5-12(17)11-4-3-7-16(11)2/h3-4,7-8,12,17H,5-6H2,1-2H3,(H,14,18)/t12-/m0/s1. The molecule has 0 unspecified atom stereocenters. The summed E-state index contributed by atoms with van der Waals surface area (Å²) in [5, 5.41) is 16.3. The van der Waals surface area contributed by atoms with Crippen LogP contribution in [-0.2, 0) is 7.05 Å². The van der Waals surface area contributed by atoms with Crippen LogP contribution < -0.4 is 5.32 Å². The van der Waals surface area contributed by atoms with Crippen molar-refractivity contribution < 1.29 is 14.4 Å². The molecule has 2 rings (SSSR count). The lowest BCUT2D eigenvalue weighted by Gasteiger charge is -2.12. The van der Waals surface area contributed by atoms with Crippen molar-refractivity contribution in [2.45, 2.75) is 19.4 Å². The number of aryl methyl sites for hydroxylation is 2. The fraction of sp³-hybridized carbons (Fsp3) is 0.385. The first-order valence-electron chi connectivity index (χ1n) is 6.08. The Bertz CT molecular complexity index is 559. The van der Waals surface area contributed by atoms with Crippen LogP contribution in [0.3, 0.4) is 0 Å². The van der Waals surface area contributed by atoms with Crippen molar-refractivity contribution in [2.75, 3.05) is 6.54 Å². The van der Waals surface area contributed by atoms with Crippen molar-refractivity contribution in [1.29, 1.82) is 0 Å². The summed E-state index contributed by atoms with van der Waals surface area (Å²) in [5.41, 5.74) is 1.08. The summed E-state index contributed by atoms with van der Waals surface area (Å²) in [4.78, 5) is 11.7. The Morgan fingerprint density at radius 3 is 3.00 bits per heavy atom. The average molecular weight is 263 g/mol. The third kappa shape index (κ3) is 3.23. The van der Waals surface area contributed by atoms with Crippen LogP contribution >= 0.6 is 0 Å². The van der Waals surface area contributed by atoms with Gasteiger partial charge < -0.3 is 19.5 Å². The van der Waals surface area contributed by atoms with E-state index in [0.29, 0.717) is 18.7 Å². The minimum Gasteiger partial charge on any atom is -0.387 e. The summed E-state index contributed by atoms with van der Waals surface area (Å²) in [5.74, 6) is 0.296. The largest absolute Gasteiger partial charge is 0.387 e. The van der Waals surface area contributed by atoms with E-state index in [4.69, 9.17) is 4.52 Å². The lowest BCUT2D eigenvalue weighted by atomic mass is 10.2. The summed E-state index contributed by atoms with van der Waals surface area (Å²) in [7, 11) is 1.87. The second-order valence-electron chi connectivity index (χ2n) is 4.43. The summed E-state index contributed by atoms with van der Waals surface area (Å²) >= 11 is 0. The molecule has 0 saturated heterocycles. The van der Waals surface area contributed by atoms with Crippen molar-refractivity contribution in [3.8, 4) is 0 Å². The fourth-order valence-corrected chi connectivity index (χ4v) is 1.85. The highest BCUT2D eigenvalue weighted by Gasteiger charge is 2.13. The number of carbonyl (C=O) groups excluding carboxylic acids is 1. The number of amides is 1. The van der Waals surface area contributed by atoms with Gasteiger partial charge in [-0.3, -0.25) is 4.79 Å². The molecule has 6 heteroatoms. The maximum absolute atomic E-state index is 11.7. The van der Waals surface area contributed by atoms with Gasteiger partial charge in [-0.2, -0.15) is 0 Å². The number of carbonyl (C=O) groups is 1. The number of aliphatic hydroxyl groups is 1. The molecule has 6 nitrogen and oxygen atoms in total. The van der Waals surface area contributed by atoms with E-state index in [9.17, 15) is 9.90 Å². The Hall–Kier alpha value is -2.08. The van der Waals surface area contributed by atoms with E-state index in [1.54, 1.807) is 13.0 Å². The van der Waals surface area contributed by atoms with E-state index in [0.717, 1.165) is 5.69 Å². The Morgan fingerprint density at radius 2 is 2.42 bits per heavy atom. The van der Waals surface area contributed by atoms with Gasteiger partial charge in [-0.1, -0.05) is 5.16 Å². The Balaban J connectivity index is 1.81. The Morgan fingerprint density at radius 1 is 1.63 bits per heavy atom. The number of nitrogens with zero attached hydrogens (tertiary/aromatic N) is 2. The van der Waals surface area contributed by atoms with Crippen LogP contribution in [0, 0.1) is 6.92 Å². The molecule has 102 valence electrons. The molecule has 0 fully saturated rings. The minimum absolute atomic E-state index is 0.255. The van der Waals surface area contributed by atoms with E-state index < -0.39 is 6.10 Å². The van der Waals surface area contributed by atoms with Crippen molar-refractivity contribution in [1.82, 2.24) is 15.0 Å². The number of hydrogen-bond donors (Lipinski definition) is 2. The van der Waals surface area contributed by atoms with Gasteiger partial charge >= 0.3 is 0 Å². The SMILES string of the molecule is Cc1cc(C(=O)NCC[C@H](O)c2cccn2C)no1. The van der Waals surface area contributed by atoms with E-state index in [-0.39, 0.29) is 11.6 Å². The predicted octanol–water partition coefficient (Wildman–Crippen LogP) is 1.18. The lowest BCUT2D eigenvalue weighted by Crippen LogP contribution is -2.26. The molecule has 0 spiro atoms. The molecule has 0 radical (unpaired) electrons. The first-order valence-corrected chi connectivity index (χ1v) is 6.08. The third-order valence-electron chi connectivity index (χ3n) is 2.89. The molecular weight excluding hydrogens is 246 g/mol. The van der Waals surface area contributed by atoms with Crippen molar-refractivity contribution in [2.24, 2.45) is 7.05 Å². The van der Waals surface area contributed by atoms with Gasteiger partial charge in [0.25, 0.3) is 5.91 Å². The highest BCUT2D eigenvalue weighted by Crippen LogP contribution is 2.15. The molecule has 1 atom stereocenters. The summed E-state index contributed by atoms with van der Waals surface area (Å²) < 4.78 is 6.68. The van der Waals surface area contributed by atoms with E-state index in [1.165, 1.54) is 0 Å². The van der Waals surface area contributed by atoms with Crippen LogP contribution in [0.1, 0.15) is 34.5 Å².